The lowest BCUT2D eigenvalue weighted by Gasteiger charge is -2.33. The Morgan fingerprint density at radius 1 is 1.13 bits per heavy atom. The zero-order valence-corrected chi connectivity index (χ0v) is 19.6. The highest BCUT2D eigenvalue weighted by Crippen LogP contribution is 2.24. The number of nitrogens with zero attached hydrogens (tertiary/aromatic N) is 3. The molecule has 0 aliphatic rings. The van der Waals surface area contributed by atoms with Crippen molar-refractivity contribution in [2.24, 2.45) is 11.8 Å². The van der Waals surface area contributed by atoms with Gasteiger partial charge < -0.3 is 14.5 Å². The Morgan fingerprint density at radius 3 is 2.16 bits per heavy atom. The van der Waals surface area contributed by atoms with Crippen molar-refractivity contribution in [2.45, 2.75) is 60.1 Å². The normalized spacial score (nSPS) is 13.5. The minimum Gasteiger partial charge on any atom is -0.444 e. The molecule has 0 aliphatic carbocycles. The topological polar surface area (TPSA) is 93.0 Å². The van der Waals surface area contributed by atoms with Crippen LogP contribution in [0.2, 0.25) is 0 Å². The summed E-state index contributed by atoms with van der Waals surface area (Å²) >= 11 is 0. The van der Waals surface area contributed by atoms with Gasteiger partial charge in [0.1, 0.15) is 5.60 Å². The molecule has 0 unspecified atom stereocenters. The summed E-state index contributed by atoms with van der Waals surface area (Å²) in [5.41, 5.74) is -1.65. The number of nitro benzene ring substituents is 1. The molecular weight excluding hydrogens is 405 g/mol. The third-order valence-corrected chi connectivity index (χ3v) is 5.01. The lowest BCUT2D eigenvalue weighted by atomic mass is 9.94. The standard InChI is InChI=1S/C22H34FN3O5/c1-14(2)25(20(27)17-10-9-11-18(19(17)23)26(29)30)13-16(4)15(3)12-24(8)21(28)31-22(5,6)7/h9-11,14-16H,12-13H2,1-8H3/t15-,16+/m0/s1. The van der Waals surface area contributed by atoms with E-state index in [1.54, 1.807) is 41.7 Å². The molecule has 2 atom stereocenters. The van der Waals surface area contributed by atoms with Crippen LogP contribution in [0.4, 0.5) is 14.9 Å². The smallest absolute Gasteiger partial charge is 0.410 e. The van der Waals surface area contributed by atoms with Gasteiger partial charge in [0.05, 0.1) is 10.5 Å². The Labute approximate surface area is 183 Å². The summed E-state index contributed by atoms with van der Waals surface area (Å²) < 4.78 is 19.9. The van der Waals surface area contributed by atoms with E-state index in [1.807, 2.05) is 13.8 Å². The SMILES string of the molecule is CC(C)N(C[C@@H](C)[C@@H](C)CN(C)C(=O)OC(C)(C)C)C(=O)c1cccc([N+](=O)[O-])c1F. The Morgan fingerprint density at radius 2 is 1.68 bits per heavy atom. The number of nitro groups is 1. The average molecular weight is 440 g/mol. The van der Waals surface area contributed by atoms with Crippen molar-refractivity contribution in [2.75, 3.05) is 20.1 Å². The van der Waals surface area contributed by atoms with E-state index in [4.69, 9.17) is 4.74 Å². The van der Waals surface area contributed by atoms with Crippen LogP contribution in [-0.4, -0.2) is 58.5 Å². The Bertz CT molecular complexity index is 807. The van der Waals surface area contributed by atoms with Gasteiger partial charge in [0.15, 0.2) is 0 Å². The van der Waals surface area contributed by atoms with E-state index < -0.39 is 34.0 Å². The number of halogens is 1. The molecule has 174 valence electrons. The molecule has 0 saturated carbocycles. The molecule has 1 rings (SSSR count). The van der Waals surface area contributed by atoms with Gasteiger partial charge in [-0.1, -0.05) is 19.9 Å². The summed E-state index contributed by atoms with van der Waals surface area (Å²) in [4.78, 5) is 38.4. The van der Waals surface area contributed by atoms with E-state index in [2.05, 4.69) is 0 Å². The third kappa shape index (κ3) is 7.48. The van der Waals surface area contributed by atoms with Crippen molar-refractivity contribution in [1.82, 2.24) is 9.80 Å². The fraction of sp³-hybridized carbons (Fsp3) is 0.636. The van der Waals surface area contributed by atoms with Crippen LogP contribution in [0, 0.1) is 27.8 Å². The Hall–Kier alpha value is -2.71. The molecule has 1 aromatic rings. The minimum absolute atomic E-state index is 0.0153. The molecule has 9 heteroatoms. The second-order valence-corrected chi connectivity index (χ2v) is 9.26. The molecule has 1 aromatic carbocycles. The molecular formula is C22H34FN3O5. The van der Waals surface area contributed by atoms with E-state index in [0.717, 1.165) is 6.07 Å². The first-order chi connectivity index (χ1) is 14.2. The fourth-order valence-electron chi connectivity index (χ4n) is 3.03. The second kappa shape index (κ2) is 10.5. The van der Waals surface area contributed by atoms with Crippen molar-refractivity contribution in [3.05, 3.63) is 39.7 Å². The predicted molar refractivity (Wildman–Crippen MR) is 116 cm³/mol. The molecule has 2 amide bonds. The molecule has 0 aromatic heterocycles. The van der Waals surface area contributed by atoms with Gasteiger partial charge >= 0.3 is 11.8 Å². The van der Waals surface area contributed by atoms with Gasteiger partial charge in [-0.3, -0.25) is 14.9 Å². The Kier molecular flexibility index (Phi) is 8.96. The highest BCUT2D eigenvalue weighted by atomic mass is 19.1. The monoisotopic (exact) mass is 439 g/mol. The summed E-state index contributed by atoms with van der Waals surface area (Å²) in [5, 5.41) is 11.0. The van der Waals surface area contributed by atoms with Crippen LogP contribution in [-0.2, 0) is 4.74 Å². The summed E-state index contributed by atoms with van der Waals surface area (Å²) in [6.45, 7) is 13.6. The van der Waals surface area contributed by atoms with Gasteiger partial charge in [-0.2, -0.15) is 4.39 Å². The number of ether oxygens (including phenoxy) is 1. The summed E-state index contributed by atoms with van der Waals surface area (Å²) in [6.07, 6.45) is -0.429. The molecule has 31 heavy (non-hydrogen) atoms. The first kappa shape index (κ1) is 26.3. The minimum atomic E-state index is -1.13. The molecule has 0 heterocycles. The maximum atomic E-state index is 14.5. The van der Waals surface area contributed by atoms with Gasteiger partial charge in [0, 0.05) is 32.2 Å². The second-order valence-electron chi connectivity index (χ2n) is 9.26. The first-order valence-electron chi connectivity index (χ1n) is 10.3. The average Bonchev–Trinajstić information content (AvgIpc) is 2.63. The first-order valence-corrected chi connectivity index (χ1v) is 10.3. The molecule has 0 aliphatic heterocycles. The van der Waals surface area contributed by atoms with Crippen LogP contribution in [0.25, 0.3) is 0 Å². The summed E-state index contributed by atoms with van der Waals surface area (Å²) in [7, 11) is 1.65. The lowest BCUT2D eigenvalue weighted by Crippen LogP contribution is -2.43. The van der Waals surface area contributed by atoms with Crippen LogP contribution in [0.3, 0.4) is 0 Å². The Balaban J connectivity index is 2.93. The lowest BCUT2D eigenvalue weighted by molar-refractivity contribution is -0.387. The zero-order valence-electron chi connectivity index (χ0n) is 19.6. The van der Waals surface area contributed by atoms with Crippen molar-refractivity contribution < 1.29 is 23.6 Å². The number of hydrogen-bond donors (Lipinski definition) is 0. The largest absolute Gasteiger partial charge is 0.444 e. The van der Waals surface area contributed by atoms with Crippen molar-refractivity contribution in [1.29, 1.82) is 0 Å². The molecule has 0 N–H and O–H groups in total. The van der Waals surface area contributed by atoms with Crippen LogP contribution < -0.4 is 0 Å². The number of hydrogen-bond acceptors (Lipinski definition) is 5. The highest BCUT2D eigenvalue weighted by molar-refractivity contribution is 5.95. The maximum Gasteiger partial charge on any atom is 0.410 e. The zero-order chi connectivity index (χ0) is 24.1. The number of carbonyl (C=O) groups is 2. The third-order valence-electron chi connectivity index (χ3n) is 5.01. The van der Waals surface area contributed by atoms with Crippen LogP contribution >= 0.6 is 0 Å². The van der Waals surface area contributed by atoms with Crippen LogP contribution in [0.5, 0.6) is 0 Å². The van der Waals surface area contributed by atoms with Gasteiger partial charge in [0.25, 0.3) is 5.91 Å². The molecule has 0 bridgehead atoms. The van der Waals surface area contributed by atoms with E-state index in [9.17, 15) is 24.1 Å². The number of rotatable bonds is 8. The van der Waals surface area contributed by atoms with Crippen molar-refractivity contribution in [3.8, 4) is 0 Å². The van der Waals surface area contributed by atoms with Crippen LogP contribution in [0.1, 0.15) is 58.8 Å². The molecule has 0 saturated heterocycles. The maximum absolute atomic E-state index is 14.5. The number of benzene rings is 1. The van der Waals surface area contributed by atoms with E-state index in [0.29, 0.717) is 13.1 Å². The molecule has 8 nitrogen and oxygen atoms in total. The molecule has 0 fully saturated rings. The van der Waals surface area contributed by atoms with Crippen molar-refractivity contribution >= 4 is 17.7 Å². The van der Waals surface area contributed by atoms with E-state index >= 15 is 0 Å². The molecule has 0 spiro atoms. The predicted octanol–water partition coefficient (Wildman–Crippen LogP) is 4.72. The van der Waals surface area contributed by atoms with E-state index in [-0.39, 0.29) is 23.4 Å². The summed E-state index contributed by atoms with van der Waals surface area (Å²) in [6, 6.07) is 3.34. The van der Waals surface area contributed by atoms with Gasteiger partial charge in [0.2, 0.25) is 5.82 Å². The van der Waals surface area contributed by atoms with E-state index in [1.165, 1.54) is 21.9 Å². The molecule has 0 radical (unpaired) electrons. The van der Waals surface area contributed by atoms with Crippen LogP contribution in [0.15, 0.2) is 18.2 Å². The highest BCUT2D eigenvalue weighted by Gasteiger charge is 2.29. The van der Waals surface area contributed by atoms with Gasteiger partial charge in [-0.15, -0.1) is 0 Å². The number of amides is 2. The van der Waals surface area contributed by atoms with Gasteiger partial charge in [-0.25, -0.2) is 4.79 Å². The fourth-order valence-corrected chi connectivity index (χ4v) is 3.03. The van der Waals surface area contributed by atoms with Crippen molar-refractivity contribution in [3.63, 3.8) is 0 Å². The van der Waals surface area contributed by atoms with Gasteiger partial charge in [-0.05, 0) is 52.5 Å². The number of carbonyl (C=O) groups excluding carboxylic acids is 2. The quantitative estimate of drug-likeness (QED) is 0.431. The summed E-state index contributed by atoms with van der Waals surface area (Å²) in [5.74, 6) is -1.75.